The minimum atomic E-state index is -0.352. The minimum absolute atomic E-state index is 0.0450. The maximum absolute atomic E-state index is 12.9. The Morgan fingerprint density at radius 3 is 2.75 bits per heavy atom. The molecule has 0 saturated carbocycles. The Morgan fingerprint density at radius 2 is 2.00 bits per heavy atom. The molecule has 0 spiro atoms. The second-order valence-electron chi connectivity index (χ2n) is 5.21. The van der Waals surface area contributed by atoms with Gasteiger partial charge in [-0.15, -0.1) is 0 Å². The van der Waals surface area contributed by atoms with E-state index in [1.54, 1.807) is 12.1 Å². The molecule has 0 unspecified atom stereocenters. The summed E-state index contributed by atoms with van der Waals surface area (Å²) < 4.78 is 18.0. The van der Waals surface area contributed by atoms with Crippen LogP contribution in [0.3, 0.4) is 0 Å². The van der Waals surface area contributed by atoms with Crippen molar-refractivity contribution in [3.8, 4) is 11.5 Å². The van der Waals surface area contributed by atoms with Gasteiger partial charge in [-0.25, -0.2) is 4.39 Å². The van der Waals surface area contributed by atoms with Crippen LogP contribution in [0.25, 0.3) is 11.5 Å². The standard InChI is InChI=1S/C17H13ClFN3O2/c1-10-2-5-12(18)8-14(10)20-16(23)9-15-21-17(24-22-15)11-3-6-13(19)7-4-11/h2-8H,9H2,1H3,(H,20,23). The lowest BCUT2D eigenvalue weighted by Crippen LogP contribution is -2.15. The molecule has 0 aliphatic rings. The van der Waals surface area contributed by atoms with Crippen molar-refractivity contribution in [1.82, 2.24) is 10.1 Å². The Hall–Kier alpha value is -2.73. The number of nitrogens with zero attached hydrogens (tertiary/aromatic N) is 2. The lowest BCUT2D eigenvalue weighted by molar-refractivity contribution is -0.115. The number of amides is 1. The second kappa shape index (κ2) is 6.80. The van der Waals surface area contributed by atoms with Gasteiger partial charge in [0.2, 0.25) is 5.91 Å². The van der Waals surface area contributed by atoms with Crippen LogP contribution in [0.5, 0.6) is 0 Å². The molecule has 0 radical (unpaired) electrons. The summed E-state index contributed by atoms with van der Waals surface area (Å²) in [6, 6.07) is 10.9. The number of carbonyl (C=O) groups excluding carboxylic acids is 1. The lowest BCUT2D eigenvalue weighted by Gasteiger charge is -2.07. The Kier molecular flexibility index (Phi) is 4.57. The molecule has 0 aliphatic carbocycles. The summed E-state index contributed by atoms with van der Waals surface area (Å²) in [6.45, 7) is 1.87. The molecule has 3 aromatic rings. The van der Waals surface area contributed by atoms with E-state index in [0.717, 1.165) is 5.56 Å². The molecule has 0 bridgehead atoms. The van der Waals surface area contributed by atoms with Crippen LogP contribution in [-0.4, -0.2) is 16.0 Å². The fourth-order valence-electron chi connectivity index (χ4n) is 2.10. The van der Waals surface area contributed by atoms with Gasteiger partial charge in [-0.3, -0.25) is 4.79 Å². The molecule has 24 heavy (non-hydrogen) atoms. The van der Waals surface area contributed by atoms with Gasteiger partial charge in [-0.05, 0) is 48.9 Å². The number of hydrogen-bond donors (Lipinski definition) is 1. The zero-order chi connectivity index (χ0) is 17.1. The molecule has 0 atom stereocenters. The van der Waals surface area contributed by atoms with Gasteiger partial charge in [-0.2, -0.15) is 4.98 Å². The van der Waals surface area contributed by atoms with Gasteiger partial charge in [0.05, 0.1) is 6.42 Å². The van der Waals surface area contributed by atoms with Crippen molar-refractivity contribution in [2.45, 2.75) is 13.3 Å². The van der Waals surface area contributed by atoms with E-state index in [4.69, 9.17) is 16.1 Å². The van der Waals surface area contributed by atoms with Crippen molar-refractivity contribution >= 4 is 23.2 Å². The Balaban J connectivity index is 1.69. The van der Waals surface area contributed by atoms with E-state index in [2.05, 4.69) is 15.5 Å². The fraction of sp³-hybridized carbons (Fsp3) is 0.118. The monoisotopic (exact) mass is 345 g/mol. The van der Waals surface area contributed by atoms with Gasteiger partial charge in [0.15, 0.2) is 5.82 Å². The smallest absolute Gasteiger partial charge is 0.257 e. The first-order chi connectivity index (χ1) is 11.5. The van der Waals surface area contributed by atoms with Gasteiger partial charge >= 0.3 is 0 Å². The lowest BCUT2D eigenvalue weighted by atomic mass is 10.2. The highest BCUT2D eigenvalue weighted by atomic mass is 35.5. The maximum Gasteiger partial charge on any atom is 0.257 e. The Morgan fingerprint density at radius 1 is 1.25 bits per heavy atom. The van der Waals surface area contributed by atoms with Gasteiger partial charge in [0.1, 0.15) is 5.82 Å². The molecule has 3 rings (SSSR count). The number of nitrogens with one attached hydrogen (secondary N) is 1. The van der Waals surface area contributed by atoms with E-state index in [1.807, 2.05) is 13.0 Å². The average molecular weight is 346 g/mol. The van der Waals surface area contributed by atoms with Crippen molar-refractivity contribution in [2.24, 2.45) is 0 Å². The summed E-state index contributed by atoms with van der Waals surface area (Å²) in [5.74, 6) is -0.162. The van der Waals surface area contributed by atoms with Crippen LogP contribution in [0.1, 0.15) is 11.4 Å². The molecule has 5 nitrogen and oxygen atoms in total. The number of benzene rings is 2. The summed E-state index contributed by atoms with van der Waals surface area (Å²) in [4.78, 5) is 16.3. The number of carbonyl (C=O) groups is 1. The van der Waals surface area contributed by atoms with Gasteiger partial charge in [0, 0.05) is 16.3 Å². The van der Waals surface area contributed by atoms with E-state index < -0.39 is 0 Å². The zero-order valence-corrected chi connectivity index (χ0v) is 13.5. The SMILES string of the molecule is Cc1ccc(Cl)cc1NC(=O)Cc1noc(-c2ccc(F)cc2)n1. The summed E-state index contributed by atoms with van der Waals surface area (Å²) in [6.07, 6.45) is -0.0450. The number of aromatic nitrogens is 2. The van der Waals surface area contributed by atoms with E-state index in [1.165, 1.54) is 24.3 Å². The summed E-state index contributed by atoms with van der Waals surface area (Å²) >= 11 is 5.93. The van der Waals surface area contributed by atoms with Crippen molar-refractivity contribution in [1.29, 1.82) is 0 Å². The molecular formula is C17H13ClFN3O2. The van der Waals surface area contributed by atoms with Gasteiger partial charge in [-0.1, -0.05) is 22.8 Å². The zero-order valence-electron chi connectivity index (χ0n) is 12.7. The van der Waals surface area contributed by atoms with Crippen LogP contribution in [0, 0.1) is 12.7 Å². The number of hydrogen-bond acceptors (Lipinski definition) is 4. The van der Waals surface area contributed by atoms with Crippen LogP contribution in [0.4, 0.5) is 10.1 Å². The van der Waals surface area contributed by atoms with Crippen molar-refractivity contribution in [2.75, 3.05) is 5.32 Å². The summed E-state index contributed by atoms with van der Waals surface area (Å²) in [5.41, 5.74) is 2.11. The molecule has 122 valence electrons. The molecule has 1 amide bonds. The first-order valence-electron chi connectivity index (χ1n) is 7.16. The molecule has 2 aromatic carbocycles. The van der Waals surface area contributed by atoms with Crippen LogP contribution in [-0.2, 0) is 11.2 Å². The molecule has 1 aromatic heterocycles. The number of anilines is 1. The normalized spacial score (nSPS) is 10.6. The molecule has 0 fully saturated rings. The highest BCUT2D eigenvalue weighted by Crippen LogP contribution is 2.21. The molecule has 1 heterocycles. The van der Waals surface area contributed by atoms with Gasteiger partial charge < -0.3 is 9.84 Å². The first kappa shape index (κ1) is 16.1. The largest absolute Gasteiger partial charge is 0.334 e. The van der Waals surface area contributed by atoms with E-state index in [-0.39, 0.29) is 29.9 Å². The highest BCUT2D eigenvalue weighted by molar-refractivity contribution is 6.31. The fourth-order valence-corrected chi connectivity index (χ4v) is 2.27. The number of rotatable bonds is 4. The molecular weight excluding hydrogens is 333 g/mol. The van der Waals surface area contributed by atoms with E-state index in [9.17, 15) is 9.18 Å². The maximum atomic E-state index is 12.9. The third-order valence-electron chi connectivity index (χ3n) is 3.35. The average Bonchev–Trinajstić information content (AvgIpc) is 3.00. The minimum Gasteiger partial charge on any atom is -0.334 e. The molecule has 0 saturated heterocycles. The topological polar surface area (TPSA) is 68.0 Å². The van der Waals surface area contributed by atoms with Crippen molar-refractivity contribution in [3.05, 3.63) is 64.7 Å². The third kappa shape index (κ3) is 3.78. The molecule has 7 heteroatoms. The van der Waals surface area contributed by atoms with E-state index in [0.29, 0.717) is 16.3 Å². The predicted molar refractivity (Wildman–Crippen MR) is 88.2 cm³/mol. The van der Waals surface area contributed by atoms with Crippen molar-refractivity contribution in [3.63, 3.8) is 0 Å². The first-order valence-corrected chi connectivity index (χ1v) is 7.53. The van der Waals surface area contributed by atoms with Gasteiger partial charge in [0.25, 0.3) is 5.89 Å². The molecule has 0 aliphatic heterocycles. The van der Waals surface area contributed by atoms with Crippen molar-refractivity contribution < 1.29 is 13.7 Å². The van der Waals surface area contributed by atoms with Crippen LogP contribution in [0.15, 0.2) is 47.0 Å². The summed E-state index contributed by atoms with van der Waals surface area (Å²) in [5, 5.41) is 7.07. The second-order valence-corrected chi connectivity index (χ2v) is 5.64. The van der Waals surface area contributed by atoms with E-state index >= 15 is 0 Å². The van der Waals surface area contributed by atoms with Crippen LogP contribution < -0.4 is 5.32 Å². The number of halogens is 2. The number of aryl methyl sites for hydroxylation is 1. The Bertz CT molecular complexity index is 878. The molecule has 1 N–H and O–H groups in total. The van der Waals surface area contributed by atoms with Crippen LogP contribution in [0.2, 0.25) is 5.02 Å². The summed E-state index contributed by atoms with van der Waals surface area (Å²) in [7, 11) is 0. The highest BCUT2D eigenvalue weighted by Gasteiger charge is 2.13. The van der Waals surface area contributed by atoms with Crippen LogP contribution >= 0.6 is 11.6 Å². The predicted octanol–water partition coefficient (Wildman–Crippen LogP) is 4.02. The Labute approximate surface area is 142 Å². The quantitative estimate of drug-likeness (QED) is 0.775. The third-order valence-corrected chi connectivity index (χ3v) is 3.59.